The van der Waals surface area contributed by atoms with E-state index >= 15 is 0 Å². The molecule has 6 heteroatoms. The highest BCUT2D eigenvalue weighted by molar-refractivity contribution is 5.93. The first-order valence-electron chi connectivity index (χ1n) is 10.5. The summed E-state index contributed by atoms with van der Waals surface area (Å²) < 4.78 is 5.22. The zero-order chi connectivity index (χ0) is 21.6. The van der Waals surface area contributed by atoms with Gasteiger partial charge in [-0.15, -0.1) is 0 Å². The molecule has 0 aliphatic carbocycles. The van der Waals surface area contributed by atoms with Crippen molar-refractivity contribution < 1.29 is 19.1 Å². The number of carbonyl (C=O) groups is 3. The molecule has 0 saturated carbocycles. The molecule has 1 saturated heterocycles. The Morgan fingerprint density at radius 2 is 1.76 bits per heavy atom. The number of carbonyl (C=O) groups excluding carboxylic acids is 3. The van der Waals surface area contributed by atoms with Gasteiger partial charge in [0.25, 0.3) is 0 Å². The molecule has 1 heterocycles. The van der Waals surface area contributed by atoms with E-state index in [2.05, 4.69) is 31.3 Å². The Morgan fingerprint density at radius 3 is 2.34 bits per heavy atom. The van der Waals surface area contributed by atoms with Gasteiger partial charge in [-0.2, -0.15) is 0 Å². The summed E-state index contributed by atoms with van der Waals surface area (Å²) in [6, 6.07) is 7.26. The minimum Gasteiger partial charge on any atom is -0.465 e. The number of benzene rings is 1. The predicted octanol–water partition coefficient (Wildman–Crippen LogP) is 2.90. The summed E-state index contributed by atoms with van der Waals surface area (Å²) in [5, 5.41) is 2.75. The normalized spacial score (nSPS) is 18.0. The molecule has 0 spiro atoms. The fourth-order valence-corrected chi connectivity index (χ4v) is 3.46. The van der Waals surface area contributed by atoms with Crippen LogP contribution in [0.3, 0.4) is 0 Å². The van der Waals surface area contributed by atoms with Crippen LogP contribution in [0.15, 0.2) is 24.3 Å². The number of esters is 1. The van der Waals surface area contributed by atoms with Crippen molar-refractivity contribution in [3.05, 3.63) is 35.4 Å². The van der Waals surface area contributed by atoms with Crippen LogP contribution >= 0.6 is 0 Å². The first-order chi connectivity index (χ1) is 13.7. The zero-order valence-electron chi connectivity index (χ0n) is 18.2. The standard InChI is InChI=1S/C23H34N2O4/c1-15(2)12-18-6-8-19(9-7-18)17(5)23(28)25-11-10-24-22(27)20(25)13-21(26)29-14-16(3)4/h6-9,15-17,20H,10-14H2,1-5H3,(H,24,27). The number of nitrogens with one attached hydrogen (secondary N) is 1. The van der Waals surface area contributed by atoms with Crippen LogP contribution in [0.4, 0.5) is 0 Å². The molecule has 1 N–H and O–H groups in total. The van der Waals surface area contributed by atoms with Gasteiger partial charge in [0.05, 0.1) is 18.9 Å². The summed E-state index contributed by atoms with van der Waals surface area (Å²) in [4.78, 5) is 39.2. The first-order valence-corrected chi connectivity index (χ1v) is 10.5. The second-order valence-electron chi connectivity index (χ2n) is 8.68. The number of piperazine rings is 1. The van der Waals surface area contributed by atoms with Crippen LogP contribution in [0.25, 0.3) is 0 Å². The second kappa shape index (κ2) is 10.4. The van der Waals surface area contributed by atoms with Crippen molar-refractivity contribution in [2.45, 2.75) is 59.4 Å². The highest BCUT2D eigenvalue weighted by Gasteiger charge is 2.37. The van der Waals surface area contributed by atoms with E-state index in [0.29, 0.717) is 25.6 Å². The maximum absolute atomic E-state index is 13.2. The van der Waals surface area contributed by atoms with E-state index < -0.39 is 12.0 Å². The van der Waals surface area contributed by atoms with Crippen LogP contribution in [0, 0.1) is 11.8 Å². The Morgan fingerprint density at radius 1 is 1.10 bits per heavy atom. The van der Waals surface area contributed by atoms with E-state index in [0.717, 1.165) is 12.0 Å². The smallest absolute Gasteiger partial charge is 0.308 e. The molecule has 0 radical (unpaired) electrons. The number of amides is 2. The van der Waals surface area contributed by atoms with Gasteiger partial charge in [0.1, 0.15) is 6.04 Å². The third-order valence-corrected chi connectivity index (χ3v) is 5.05. The van der Waals surface area contributed by atoms with Gasteiger partial charge in [0.15, 0.2) is 0 Å². The molecule has 2 atom stereocenters. The lowest BCUT2D eigenvalue weighted by atomic mass is 9.95. The Bertz CT molecular complexity index is 712. The molecular weight excluding hydrogens is 368 g/mol. The molecule has 1 aliphatic rings. The van der Waals surface area contributed by atoms with Gasteiger partial charge in [-0.1, -0.05) is 52.0 Å². The van der Waals surface area contributed by atoms with Crippen LogP contribution in [0.1, 0.15) is 58.1 Å². The lowest BCUT2D eigenvalue weighted by Crippen LogP contribution is -2.58. The Labute approximate surface area is 174 Å². The largest absolute Gasteiger partial charge is 0.465 e. The maximum Gasteiger partial charge on any atom is 0.308 e. The Kier molecular flexibility index (Phi) is 8.23. The highest BCUT2D eigenvalue weighted by atomic mass is 16.5. The quantitative estimate of drug-likeness (QED) is 0.679. The van der Waals surface area contributed by atoms with Crippen LogP contribution in [-0.2, 0) is 25.5 Å². The lowest BCUT2D eigenvalue weighted by molar-refractivity contribution is -0.152. The molecular formula is C23H34N2O4. The van der Waals surface area contributed by atoms with Crippen LogP contribution < -0.4 is 5.32 Å². The molecule has 1 aromatic rings. The second-order valence-corrected chi connectivity index (χ2v) is 8.68. The number of nitrogens with zero attached hydrogens (tertiary/aromatic N) is 1. The van der Waals surface area contributed by atoms with E-state index in [9.17, 15) is 14.4 Å². The van der Waals surface area contributed by atoms with Crippen molar-refractivity contribution in [2.24, 2.45) is 11.8 Å². The summed E-state index contributed by atoms with van der Waals surface area (Å²) in [5.74, 6) is -0.491. The van der Waals surface area contributed by atoms with Gasteiger partial charge in [-0.3, -0.25) is 14.4 Å². The third kappa shape index (κ3) is 6.58. The van der Waals surface area contributed by atoms with E-state index in [4.69, 9.17) is 4.74 Å². The molecule has 1 fully saturated rings. The number of rotatable bonds is 8. The van der Waals surface area contributed by atoms with Crippen LogP contribution in [-0.4, -0.2) is 48.4 Å². The molecule has 2 amide bonds. The van der Waals surface area contributed by atoms with E-state index in [-0.39, 0.29) is 30.1 Å². The minimum atomic E-state index is -0.821. The number of hydrogen-bond acceptors (Lipinski definition) is 4. The van der Waals surface area contributed by atoms with Gasteiger partial charge in [0, 0.05) is 13.1 Å². The van der Waals surface area contributed by atoms with Gasteiger partial charge in [-0.25, -0.2) is 0 Å². The molecule has 160 valence electrons. The minimum absolute atomic E-state index is 0.121. The van der Waals surface area contributed by atoms with Gasteiger partial charge in [0.2, 0.25) is 11.8 Å². The zero-order valence-corrected chi connectivity index (χ0v) is 18.2. The van der Waals surface area contributed by atoms with E-state index in [1.54, 1.807) is 0 Å². The number of ether oxygens (including phenoxy) is 1. The van der Waals surface area contributed by atoms with Crippen molar-refractivity contribution in [2.75, 3.05) is 19.7 Å². The van der Waals surface area contributed by atoms with Crippen molar-refractivity contribution in [3.63, 3.8) is 0 Å². The van der Waals surface area contributed by atoms with Crippen molar-refractivity contribution in [1.29, 1.82) is 0 Å². The Balaban J connectivity index is 2.08. The molecule has 2 rings (SSSR count). The SMILES string of the molecule is CC(C)COC(=O)CC1C(=O)NCCN1C(=O)C(C)c1ccc(CC(C)C)cc1. The number of hydrogen-bond donors (Lipinski definition) is 1. The van der Waals surface area contributed by atoms with E-state index in [1.165, 1.54) is 10.5 Å². The average Bonchev–Trinajstić information content (AvgIpc) is 2.67. The van der Waals surface area contributed by atoms with Crippen LogP contribution in [0.5, 0.6) is 0 Å². The summed E-state index contributed by atoms with van der Waals surface area (Å²) in [6.45, 7) is 11.2. The monoisotopic (exact) mass is 402 g/mol. The van der Waals surface area contributed by atoms with Gasteiger partial charge in [-0.05, 0) is 36.3 Å². The third-order valence-electron chi connectivity index (χ3n) is 5.05. The van der Waals surface area contributed by atoms with E-state index in [1.807, 2.05) is 32.9 Å². The molecule has 0 aromatic heterocycles. The fraction of sp³-hybridized carbons (Fsp3) is 0.609. The highest BCUT2D eigenvalue weighted by Crippen LogP contribution is 2.23. The maximum atomic E-state index is 13.2. The fourth-order valence-electron chi connectivity index (χ4n) is 3.46. The molecule has 2 unspecified atom stereocenters. The topological polar surface area (TPSA) is 75.7 Å². The lowest BCUT2D eigenvalue weighted by Gasteiger charge is -2.36. The average molecular weight is 403 g/mol. The summed E-state index contributed by atoms with van der Waals surface area (Å²) in [5.41, 5.74) is 2.15. The summed E-state index contributed by atoms with van der Waals surface area (Å²) in [6.07, 6.45) is 0.875. The van der Waals surface area contributed by atoms with Crippen LogP contribution in [0.2, 0.25) is 0 Å². The first kappa shape index (κ1) is 22.9. The molecule has 1 aliphatic heterocycles. The molecule has 29 heavy (non-hydrogen) atoms. The molecule has 0 bridgehead atoms. The van der Waals surface area contributed by atoms with Crippen molar-refractivity contribution >= 4 is 17.8 Å². The van der Waals surface area contributed by atoms with Gasteiger partial charge >= 0.3 is 5.97 Å². The predicted molar refractivity (Wildman–Crippen MR) is 112 cm³/mol. The van der Waals surface area contributed by atoms with Crippen molar-refractivity contribution in [3.8, 4) is 0 Å². The summed E-state index contributed by atoms with van der Waals surface area (Å²) in [7, 11) is 0. The molecule has 6 nitrogen and oxygen atoms in total. The molecule has 1 aromatic carbocycles. The van der Waals surface area contributed by atoms with Crippen molar-refractivity contribution in [1.82, 2.24) is 10.2 Å². The Hall–Kier alpha value is -2.37. The summed E-state index contributed by atoms with van der Waals surface area (Å²) >= 11 is 0. The van der Waals surface area contributed by atoms with Gasteiger partial charge < -0.3 is 15.0 Å².